The minimum absolute atomic E-state index is 0.0270. The van der Waals surface area contributed by atoms with E-state index in [-0.39, 0.29) is 16.7 Å². The van der Waals surface area contributed by atoms with Gasteiger partial charge in [-0.3, -0.25) is 14.2 Å². The average molecular weight is 434 g/mol. The van der Waals surface area contributed by atoms with Gasteiger partial charge in [-0.2, -0.15) is 0 Å². The van der Waals surface area contributed by atoms with Crippen molar-refractivity contribution in [3.05, 3.63) is 45.9 Å². The lowest BCUT2D eigenvalue weighted by molar-refractivity contribution is -0.129. The third-order valence-corrected chi connectivity index (χ3v) is 6.36. The van der Waals surface area contributed by atoms with Crippen LogP contribution in [0.25, 0.3) is 0 Å². The molecule has 0 fully saturated rings. The molecule has 0 radical (unpaired) electrons. The first-order valence-electron chi connectivity index (χ1n) is 10.0. The van der Waals surface area contributed by atoms with E-state index in [1.54, 1.807) is 39.3 Å². The fourth-order valence-electron chi connectivity index (χ4n) is 2.97. The summed E-state index contributed by atoms with van der Waals surface area (Å²) in [7, 11) is 6.71. The highest BCUT2D eigenvalue weighted by Gasteiger charge is 2.23. The fraction of sp³-hybridized carbons (Fsp3) is 0.500. The first kappa shape index (κ1) is 23.8. The van der Waals surface area contributed by atoms with Gasteiger partial charge in [0.2, 0.25) is 5.91 Å². The zero-order chi connectivity index (χ0) is 22.3. The third kappa shape index (κ3) is 5.78. The zero-order valence-electron chi connectivity index (χ0n) is 18.6. The maximum atomic E-state index is 13.0. The second-order valence-electron chi connectivity index (χ2n) is 6.99. The first-order valence-corrected chi connectivity index (χ1v) is 10.9. The number of amides is 1. The summed E-state index contributed by atoms with van der Waals surface area (Å²) in [5.41, 5.74) is 1.70. The standard InChI is InChI=1S/C22H31N3O4S/c1-7-16-14-20(26)25(4)22(23-16)30-19(8-2)21(27)24(3)12-11-15-9-10-17(28-5)18(13-15)29-6/h9-10,13-14,19H,7-8,11-12H2,1-6H3. The topological polar surface area (TPSA) is 73.7 Å². The lowest BCUT2D eigenvalue weighted by atomic mass is 10.1. The zero-order valence-corrected chi connectivity index (χ0v) is 19.4. The quantitative estimate of drug-likeness (QED) is 0.424. The third-order valence-electron chi connectivity index (χ3n) is 4.96. The largest absolute Gasteiger partial charge is 0.493 e. The summed E-state index contributed by atoms with van der Waals surface area (Å²) in [6.45, 7) is 4.51. The molecule has 0 spiro atoms. The molecule has 1 atom stereocenters. The summed E-state index contributed by atoms with van der Waals surface area (Å²) in [4.78, 5) is 31.4. The summed E-state index contributed by atoms with van der Waals surface area (Å²) in [5.74, 6) is 1.38. The number of hydrogen-bond acceptors (Lipinski definition) is 6. The van der Waals surface area contributed by atoms with Crippen LogP contribution in [-0.4, -0.2) is 53.4 Å². The first-order chi connectivity index (χ1) is 14.3. The van der Waals surface area contributed by atoms with Gasteiger partial charge in [-0.05, 0) is 37.0 Å². The average Bonchev–Trinajstić information content (AvgIpc) is 2.77. The summed E-state index contributed by atoms with van der Waals surface area (Å²) in [6, 6.07) is 7.32. The number of benzene rings is 1. The normalized spacial score (nSPS) is 11.8. The second-order valence-corrected chi connectivity index (χ2v) is 8.16. The van der Waals surface area contributed by atoms with E-state index >= 15 is 0 Å². The Morgan fingerprint density at radius 1 is 1.20 bits per heavy atom. The van der Waals surface area contributed by atoms with Gasteiger partial charge in [0, 0.05) is 32.4 Å². The highest BCUT2D eigenvalue weighted by Crippen LogP contribution is 2.28. The number of likely N-dealkylation sites (N-methyl/N-ethyl adjacent to an activating group) is 1. The van der Waals surface area contributed by atoms with Crippen LogP contribution in [0.15, 0.2) is 34.2 Å². The van der Waals surface area contributed by atoms with Crippen LogP contribution in [0.4, 0.5) is 0 Å². The highest BCUT2D eigenvalue weighted by atomic mass is 32.2. The van der Waals surface area contributed by atoms with E-state index in [2.05, 4.69) is 4.98 Å². The van der Waals surface area contributed by atoms with Crippen molar-refractivity contribution in [1.82, 2.24) is 14.5 Å². The lowest BCUT2D eigenvalue weighted by Gasteiger charge is -2.23. The van der Waals surface area contributed by atoms with Crippen molar-refractivity contribution in [3.63, 3.8) is 0 Å². The molecule has 1 amide bonds. The van der Waals surface area contributed by atoms with Crippen molar-refractivity contribution in [2.45, 2.75) is 43.5 Å². The molecule has 7 nitrogen and oxygen atoms in total. The molecular formula is C22H31N3O4S. The summed E-state index contributed by atoms with van der Waals surface area (Å²) in [5, 5.41) is 0.276. The number of methoxy groups -OCH3 is 2. The molecule has 0 aliphatic carbocycles. The maximum Gasteiger partial charge on any atom is 0.254 e. The van der Waals surface area contributed by atoms with Gasteiger partial charge < -0.3 is 14.4 Å². The van der Waals surface area contributed by atoms with E-state index < -0.39 is 0 Å². The van der Waals surface area contributed by atoms with Gasteiger partial charge in [-0.25, -0.2) is 4.98 Å². The van der Waals surface area contributed by atoms with Crippen LogP contribution in [0.1, 0.15) is 31.5 Å². The van der Waals surface area contributed by atoms with Crippen molar-refractivity contribution in [2.75, 3.05) is 27.8 Å². The molecule has 2 aromatic rings. The molecular weight excluding hydrogens is 402 g/mol. The predicted molar refractivity (Wildman–Crippen MR) is 120 cm³/mol. The number of thioether (sulfide) groups is 1. The smallest absolute Gasteiger partial charge is 0.254 e. The van der Waals surface area contributed by atoms with Crippen LogP contribution in [0.3, 0.4) is 0 Å². The molecule has 0 aliphatic rings. The molecule has 0 N–H and O–H groups in total. The minimum Gasteiger partial charge on any atom is -0.493 e. The fourth-order valence-corrected chi connectivity index (χ4v) is 4.09. The van der Waals surface area contributed by atoms with Crippen molar-refractivity contribution >= 4 is 17.7 Å². The number of rotatable bonds is 10. The highest BCUT2D eigenvalue weighted by molar-refractivity contribution is 8.00. The number of hydrogen-bond donors (Lipinski definition) is 0. The maximum absolute atomic E-state index is 13.0. The van der Waals surface area contributed by atoms with Gasteiger partial charge in [-0.1, -0.05) is 31.7 Å². The molecule has 8 heteroatoms. The number of carbonyl (C=O) groups excluding carboxylic acids is 1. The SMILES string of the molecule is CCc1cc(=O)n(C)c(SC(CC)C(=O)N(C)CCc2ccc(OC)c(OC)c2)n1. The molecule has 1 aromatic heterocycles. The van der Waals surface area contributed by atoms with Crippen LogP contribution in [0.5, 0.6) is 11.5 Å². The van der Waals surface area contributed by atoms with E-state index in [0.29, 0.717) is 42.5 Å². The van der Waals surface area contributed by atoms with E-state index in [9.17, 15) is 9.59 Å². The minimum atomic E-state index is -0.300. The van der Waals surface area contributed by atoms with E-state index in [4.69, 9.17) is 9.47 Å². The lowest BCUT2D eigenvalue weighted by Crippen LogP contribution is -2.36. The van der Waals surface area contributed by atoms with E-state index in [1.165, 1.54) is 16.3 Å². The monoisotopic (exact) mass is 433 g/mol. The Kier molecular flexibility index (Phi) is 8.77. The predicted octanol–water partition coefficient (Wildman–Crippen LogP) is 2.93. The van der Waals surface area contributed by atoms with Crippen LogP contribution in [0, 0.1) is 0 Å². The van der Waals surface area contributed by atoms with E-state index in [0.717, 1.165) is 11.3 Å². The van der Waals surface area contributed by atoms with Crippen LogP contribution in [-0.2, 0) is 24.7 Å². The van der Waals surface area contributed by atoms with Gasteiger partial charge in [0.1, 0.15) is 0 Å². The van der Waals surface area contributed by atoms with Gasteiger partial charge in [0.05, 0.1) is 19.5 Å². The molecule has 1 heterocycles. The molecule has 0 saturated carbocycles. The number of aryl methyl sites for hydroxylation is 1. The van der Waals surface area contributed by atoms with E-state index in [1.807, 2.05) is 32.0 Å². The number of aromatic nitrogens is 2. The van der Waals surface area contributed by atoms with Gasteiger partial charge in [0.25, 0.3) is 5.56 Å². The molecule has 30 heavy (non-hydrogen) atoms. The Morgan fingerprint density at radius 2 is 1.90 bits per heavy atom. The Hall–Kier alpha value is -2.48. The summed E-state index contributed by atoms with van der Waals surface area (Å²) in [6.07, 6.45) is 2.03. The molecule has 1 aromatic carbocycles. The van der Waals surface area contributed by atoms with Crippen LogP contribution in [0.2, 0.25) is 0 Å². The van der Waals surface area contributed by atoms with Gasteiger partial charge in [-0.15, -0.1) is 0 Å². The molecule has 0 saturated heterocycles. The Morgan fingerprint density at radius 3 is 2.50 bits per heavy atom. The van der Waals surface area contributed by atoms with Gasteiger partial charge >= 0.3 is 0 Å². The summed E-state index contributed by atoms with van der Waals surface area (Å²) < 4.78 is 12.1. The van der Waals surface area contributed by atoms with Crippen molar-refractivity contribution < 1.29 is 14.3 Å². The molecule has 164 valence electrons. The Balaban J connectivity index is 2.07. The van der Waals surface area contributed by atoms with Crippen LogP contribution < -0.4 is 15.0 Å². The molecule has 2 rings (SSSR count). The number of nitrogens with zero attached hydrogens (tertiary/aromatic N) is 3. The molecule has 0 bridgehead atoms. The summed E-state index contributed by atoms with van der Waals surface area (Å²) >= 11 is 1.35. The Bertz CT molecular complexity index is 929. The van der Waals surface area contributed by atoms with Gasteiger partial charge in [0.15, 0.2) is 16.7 Å². The van der Waals surface area contributed by atoms with Crippen molar-refractivity contribution in [1.29, 1.82) is 0 Å². The number of ether oxygens (including phenoxy) is 2. The number of carbonyl (C=O) groups is 1. The Labute approximate surface area is 182 Å². The molecule has 1 unspecified atom stereocenters. The van der Waals surface area contributed by atoms with Crippen LogP contribution >= 0.6 is 11.8 Å². The molecule has 0 aliphatic heterocycles. The second kappa shape index (κ2) is 11.1. The van der Waals surface area contributed by atoms with Crippen molar-refractivity contribution in [2.24, 2.45) is 7.05 Å². The van der Waals surface area contributed by atoms with Crippen molar-refractivity contribution in [3.8, 4) is 11.5 Å².